The van der Waals surface area contributed by atoms with Crippen molar-refractivity contribution in [1.82, 2.24) is 0 Å². The van der Waals surface area contributed by atoms with Crippen LogP contribution in [0.15, 0.2) is 18.2 Å². The first-order chi connectivity index (χ1) is 8.19. The predicted octanol–water partition coefficient (Wildman–Crippen LogP) is 4.86. The molecule has 0 heterocycles. The minimum Gasteiger partial charge on any atom is -0.228 e. The topological polar surface area (TPSA) is 19.9 Å². The van der Waals surface area contributed by atoms with Crippen LogP contribution in [0, 0.1) is 0 Å². The van der Waals surface area contributed by atoms with Gasteiger partial charge in [0.15, 0.2) is 0 Å². The summed E-state index contributed by atoms with van der Waals surface area (Å²) in [6.07, 6.45) is 6.43. The summed E-state index contributed by atoms with van der Waals surface area (Å²) in [5, 5.41) is 11.6. The summed E-state index contributed by atoms with van der Waals surface area (Å²) in [7, 11) is 0. The molecule has 0 spiro atoms. The van der Waals surface area contributed by atoms with Gasteiger partial charge in [-0.25, -0.2) is 5.11 Å². The summed E-state index contributed by atoms with van der Waals surface area (Å²) in [6, 6.07) is 6.44. The van der Waals surface area contributed by atoms with Crippen LogP contribution < -0.4 is 0 Å². The van der Waals surface area contributed by atoms with Gasteiger partial charge in [0.2, 0.25) is 0 Å². The lowest BCUT2D eigenvalue weighted by Gasteiger charge is -2.12. The number of benzene rings is 1. The van der Waals surface area contributed by atoms with Gasteiger partial charge in [-0.05, 0) is 49.3 Å². The first-order valence-electron chi connectivity index (χ1n) is 6.96. The van der Waals surface area contributed by atoms with Gasteiger partial charge in [-0.15, -0.1) is 0 Å². The first kappa shape index (κ1) is 14.2. The Morgan fingerprint density at radius 2 is 1.71 bits per heavy atom. The second-order valence-electron chi connectivity index (χ2n) is 4.88. The Labute approximate surface area is 106 Å². The lowest BCUT2D eigenvalue weighted by molar-refractivity contribution is 0.105. The van der Waals surface area contributed by atoms with E-state index in [2.05, 4.69) is 26.0 Å². The van der Waals surface area contributed by atoms with Crippen molar-refractivity contribution in [2.24, 2.45) is 0 Å². The third kappa shape index (κ3) is 4.51. The van der Waals surface area contributed by atoms with E-state index in [0.29, 0.717) is 0 Å². The molecule has 0 aliphatic rings. The molecule has 0 N–H and O–H groups in total. The van der Waals surface area contributed by atoms with E-state index in [9.17, 15) is 5.11 Å². The monoisotopic (exact) mass is 233 g/mol. The van der Waals surface area contributed by atoms with E-state index in [-0.39, 0.29) is 0 Å². The Balaban J connectivity index is 2.84. The van der Waals surface area contributed by atoms with E-state index in [1.807, 2.05) is 6.07 Å². The quantitative estimate of drug-likeness (QED) is 0.640. The molecule has 0 aromatic heterocycles. The van der Waals surface area contributed by atoms with E-state index >= 15 is 0 Å². The molecule has 17 heavy (non-hydrogen) atoms. The van der Waals surface area contributed by atoms with Crippen LogP contribution in [0.4, 0.5) is 0 Å². The Morgan fingerprint density at radius 3 is 2.29 bits per heavy atom. The molecule has 1 unspecified atom stereocenters. The molecular weight excluding hydrogens is 208 g/mol. The summed E-state index contributed by atoms with van der Waals surface area (Å²) >= 11 is 0. The van der Waals surface area contributed by atoms with Gasteiger partial charge >= 0.3 is 0 Å². The first-order valence-corrected chi connectivity index (χ1v) is 6.96. The maximum atomic E-state index is 11.6. The van der Waals surface area contributed by atoms with Gasteiger partial charge < -0.3 is 0 Å². The molecule has 0 saturated heterocycles. The molecule has 0 aliphatic carbocycles. The molecule has 1 nitrogen and oxygen atoms in total. The fourth-order valence-electron chi connectivity index (χ4n) is 2.18. The Hall–Kier alpha value is -0.820. The molecule has 0 saturated carbocycles. The zero-order valence-electron chi connectivity index (χ0n) is 11.5. The zero-order chi connectivity index (χ0) is 12.7. The van der Waals surface area contributed by atoms with Crippen molar-refractivity contribution in [3.05, 3.63) is 34.9 Å². The summed E-state index contributed by atoms with van der Waals surface area (Å²) in [4.78, 5) is 0. The fourth-order valence-corrected chi connectivity index (χ4v) is 2.18. The van der Waals surface area contributed by atoms with Crippen LogP contribution in [0.1, 0.15) is 69.2 Å². The normalized spacial score (nSPS) is 12.7. The molecule has 1 heteroatoms. The molecule has 1 rings (SSSR count). The number of hydrogen-bond donors (Lipinski definition) is 0. The molecule has 0 bridgehead atoms. The summed E-state index contributed by atoms with van der Waals surface area (Å²) in [6.45, 7) is 6.16. The number of aryl methyl sites for hydroxylation is 2. The van der Waals surface area contributed by atoms with Gasteiger partial charge in [-0.2, -0.15) is 0 Å². The lowest BCUT2D eigenvalue weighted by atomic mass is 9.95. The van der Waals surface area contributed by atoms with Crippen LogP contribution in [0.3, 0.4) is 0 Å². The molecule has 1 aromatic carbocycles. The average molecular weight is 233 g/mol. The Morgan fingerprint density at radius 1 is 1.06 bits per heavy atom. The van der Waals surface area contributed by atoms with E-state index in [1.54, 1.807) is 6.92 Å². The highest BCUT2D eigenvalue weighted by Gasteiger charge is 2.09. The maximum absolute atomic E-state index is 11.6. The van der Waals surface area contributed by atoms with E-state index in [1.165, 1.54) is 36.8 Å². The molecule has 1 atom stereocenters. The zero-order valence-corrected chi connectivity index (χ0v) is 11.5. The van der Waals surface area contributed by atoms with Crippen molar-refractivity contribution in [3.63, 3.8) is 0 Å². The van der Waals surface area contributed by atoms with Gasteiger partial charge in [-0.1, -0.05) is 44.9 Å². The van der Waals surface area contributed by atoms with Crippen molar-refractivity contribution in [3.8, 4) is 0 Å². The summed E-state index contributed by atoms with van der Waals surface area (Å²) in [5.41, 5.74) is 3.67. The van der Waals surface area contributed by atoms with E-state index in [0.717, 1.165) is 18.4 Å². The lowest BCUT2D eigenvalue weighted by Crippen LogP contribution is -1.99. The van der Waals surface area contributed by atoms with Crippen molar-refractivity contribution in [2.45, 2.75) is 65.4 Å². The van der Waals surface area contributed by atoms with Crippen LogP contribution in [-0.2, 0) is 17.9 Å². The maximum Gasteiger partial charge on any atom is 0.115 e. The third-order valence-corrected chi connectivity index (χ3v) is 3.26. The largest absolute Gasteiger partial charge is 0.228 e. The van der Waals surface area contributed by atoms with Crippen LogP contribution in [0.5, 0.6) is 0 Å². The average Bonchev–Trinajstić information content (AvgIpc) is 2.33. The number of unbranched alkanes of at least 4 members (excludes halogenated alkanes) is 2. The van der Waals surface area contributed by atoms with Crippen molar-refractivity contribution < 1.29 is 5.11 Å². The SMILES string of the molecule is CCCCc1ccc(C(C)[O])c(CCCC)c1. The van der Waals surface area contributed by atoms with Crippen LogP contribution >= 0.6 is 0 Å². The summed E-state index contributed by atoms with van der Waals surface area (Å²) < 4.78 is 0. The Kier molecular flexibility index (Phi) is 6.28. The minimum atomic E-state index is -0.595. The van der Waals surface area contributed by atoms with Gasteiger partial charge in [0.05, 0.1) is 0 Å². The highest BCUT2D eigenvalue weighted by Crippen LogP contribution is 2.22. The second-order valence-corrected chi connectivity index (χ2v) is 4.88. The fraction of sp³-hybridized carbons (Fsp3) is 0.625. The predicted molar refractivity (Wildman–Crippen MR) is 72.8 cm³/mol. The minimum absolute atomic E-state index is 0.595. The highest BCUT2D eigenvalue weighted by molar-refractivity contribution is 5.33. The van der Waals surface area contributed by atoms with E-state index in [4.69, 9.17) is 0 Å². The molecule has 1 aromatic rings. The van der Waals surface area contributed by atoms with Gasteiger partial charge in [0, 0.05) is 0 Å². The third-order valence-electron chi connectivity index (χ3n) is 3.26. The van der Waals surface area contributed by atoms with Crippen molar-refractivity contribution in [1.29, 1.82) is 0 Å². The Bertz CT molecular complexity index is 328. The van der Waals surface area contributed by atoms with E-state index < -0.39 is 6.10 Å². The van der Waals surface area contributed by atoms with Crippen LogP contribution in [-0.4, -0.2) is 0 Å². The second kappa shape index (κ2) is 7.50. The molecule has 95 valence electrons. The number of hydrogen-bond acceptors (Lipinski definition) is 0. The van der Waals surface area contributed by atoms with Crippen LogP contribution in [0.2, 0.25) is 0 Å². The van der Waals surface area contributed by atoms with Gasteiger partial charge in [0.25, 0.3) is 0 Å². The smallest absolute Gasteiger partial charge is 0.115 e. The molecule has 1 radical (unpaired) electrons. The number of rotatable bonds is 7. The molecule has 0 fully saturated rings. The van der Waals surface area contributed by atoms with Crippen molar-refractivity contribution >= 4 is 0 Å². The van der Waals surface area contributed by atoms with Gasteiger partial charge in [-0.3, -0.25) is 0 Å². The molecular formula is C16H25O. The van der Waals surface area contributed by atoms with Gasteiger partial charge in [0.1, 0.15) is 6.10 Å². The highest BCUT2D eigenvalue weighted by atomic mass is 16.3. The summed E-state index contributed by atoms with van der Waals surface area (Å²) in [5.74, 6) is 0. The van der Waals surface area contributed by atoms with Crippen molar-refractivity contribution in [2.75, 3.05) is 0 Å². The van der Waals surface area contributed by atoms with Crippen LogP contribution in [0.25, 0.3) is 0 Å². The molecule has 0 aliphatic heterocycles. The molecule has 0 amide bonds. The standard InChI is InChI=1S/C16H25O/c1-4-6-8-14-10-11-16(13(3)17)15(12-14)9-7-5-2/h10-13H,4-9H2,1-3H3.